The number of sulfonamides is 1. The van der Waals surface area contributed by atoms with Crippen LogP contribution in [0.2, 0.25) is 0 Å². The standard InChI is InChI=1S/C28H39N3O5S/c1-6-25(28(33)29-23-11-7-8-12-23)30(18-22-14-16-24(36-4)17-15-22)27(32)19-31(37(5,34)35)26-13-9-10-20(2)21(26)3/h9-10,13-17,23,25H,6-8,11-12,18-19H2,1-5H3,(H,29,33). The highest BCUT2D eigenvalue weighted by molar-refractivity contribution is 7.92. The molecule has 0 aliphatic heterocycles. The fraction of sp³-hybridized carbons (Fsp3) is 0.500. The Kier molecular flexibility index (Phi) is 9.59. The van der Waals surface area contributed by atoms with Crippen LogP contribution in [-0.4, -0.2) is 57.1 Å². The van der Waals surface area contributed by atoms with Crippen molar-refractivity contribution in [1.82, 2.24) is 10.2 Å². The van der Waals surface area contributed by atoms with Crippen molar-refractivity contribution >= 4 is 27.5 Å². The van der Waals surface area contributed by atoms with Crippen molar-refractivity contribution in [2.75, 3.05) is 24.2 Å². The van der Waals surface area contributed by atoms with Crippen molar-refractivity contribution < 1.29 is 22.7 Å². The van der Waals surface area contributed by atoms with Crippen molar-refractivity contribution in [2.45, 2.75) is 71.5 Å². The SMILES string of the molecule is CCC(C(=O)NC1CCCC1)N(Cc1ccc(OC)cc1)C(=O)CN(c1cccc(C)c1C)S(C)(=O)=O. The molecule has 1 unspecified atom stereocenters. The highest BCUT2D eigenvalue weighted by Gasteiger charge is 2.33. The minimum atomic E-state index is -3.77. The number of hydrogen-bond acceptors (Lipinski definition) is 5. The molecule has 1 N–H and O–H groups in total. The summed E-state index contributed by atoms with van der Waals surface area (Å²) in [6.45, 7) is 5.38. The van der Waals surface area contributed by atoms with Gasteiger partial charge < -0.3 is 15.0 Å². The molecule has 0 bridgehead atoms. The Morgan fingerprint density at radius 3 is 2.30 bits per heavy atom. The van der Waals surface area contributed by atoms with Crippen LogP contribution in [0.1, 0.15) is 55.7 Å². The van der Waals surface area contributed by atoms with Crippen molar-refractivity contribution in [3.63, 3.8) is 0 Å². The lowest BCUT2D eigenvalue weighted by atomic mass is 10.1. The second-order valence-electron chi connectivity index (χ2n) is 9.77. The van der Waals surface area contributed by atoms with Crippen LogP contribution in [0.5, 0.6) is 5.75 Å². The predicted molar refractivity (Wildman–Crippen MR) is 146 cm³/mol. The van der Waals surface area contributed by atoms with E-state index in [0.29, 0.717) is 17.9 Å². The number of hydrogen-bond donors (Lipinski definition) is 1. The molecule has 3 rings (SSSR count). The maximum absolute atomic E-state index is 13.9. The third-order valence-corrected chi connectivity index (χ3v) is 8.25. The fourth-order valence-electron chi connectivity index (χ4n) is 4.82. The molecule has 2 aromatic rings. The summed E-state index contributed by atoms with van der Waals surface area (Å²) in [4.78, 5) is 28.7. The Bertz CT molecular complexity index is 1190. The van der Waals surface area contributed by atoms with Crippen LogP contribution in [0.25, 0.3) is 0 Å². The molecule has 1 fully saturated rings. The van der Waals surface area contributed by atoms with Crippen LogP contribution in [-0.2, 0) is 26.2 Å². The average molecular weight is 530 g/mol. The molecular weight excluding hydrogens is 490 g/mol. The number of nitrogens with one attached hydrogen (secondary N) is 1. The number of rotatable bonds is 11. The predicted octanol–water partition coefficient (Wildman–Crippen LogP) is 3.94. The van der Waals surface area contributed by atoms with Crippen LogP contribution < -0.4 is 14.4 Å². The van der Waals surface area contributed by atoms with E-state index in [1.807, 2.05) is 39.0 Å². The molecule has 9 heteroatoms. The quantitative estimate of drug-likeness (QED) is 0.476. The van der Waals surface area contributed by atoms with Gasteiger partial charge in [-0.1, -0.05) is 44.0 Å². The van der Waals surface area contributed by atoms with E-state index in [9.17, 15) is 18.0 Å². The van der Waals surface area contributed by atoms with E-state index in [4.69, 9.17) is 4.74 Å². The Balaban J connectivity index is 1.95. The highest BCUT2D eigenvalue weighted by atomic mass is 32.2. The van der Waals surface area contributed by atoms with Crippen LogP contribution >= 0.6 is 0 Å². The number of amides is 2. The van der Waals surface area contributed by atoms with Crippen LogP contribution in [0.3, 0.4) is 0 Å². The molecule has 0 saturated heterocycles. The van der Waals surface area contributed by atoms with Gasteiger partial charge in [0.05, 0.1) is 19.1 Å². The number of benzene rings is 2. The normalized spacial score (nSPS) is 14.7. The Labute approximate surface area is 221 Å². The summed E-state index contributed by atoms with van der Waals surface area (Å²) < 4.78 is 32.1. The summed E-state index contributed by atoms with van der Waals surface area (Å²) in [6, 6.07) is 12.1. The lowest BCUT2D eigenvalue weighted by Crippen LogP contribution is -2.53. The number of carbonyl (C=O) groups is 2. The van der Waals surface area contributed by atoms with Gasteiger partial charge in [0.25, 0.3) is 0 Å². The van der Waals surface area contributed by atoms with E-state index >= 15 is 0 Å². The third-order valence-electron chi connectivity index (χ3n) is 7.12. The van der Waals surface area contributed by atoms with Crippen molar-refractivity contribution in [1.29, 1.82) is 0 Å². The summed E-state index contributed by atoms with van der Waals surface area (Å²) >= 11 is 0. The van der Waals surface area contributed by atoms with Gasteiger partial charge in [0.15, 0.2) is 0 Å². The second kappa shape index (κ2) is 12.4. The minimum absolute atomic E-state index is 0.113. The third kappa shape index (κ3) is 7.25. The first-order valence-electron chi connectivity index (χ1n) is 12.8. The van der Waals surface area contributed by atoms with Gasteiger partial charge in [-0.05, 0) is 68.0 Å². The number of nitrogens with zero attached hydrogens (tertiary/aromatic N) is 2. The van der Waals surface area contributed by atoms with Gasteiger partial charge >= 0.3 is 0 Å². The Morgan fingerprint density at radius 1 is 1.08 bits per heavy atom. The van der Waals surface area contributed by atoms with E-state index < -0.39 is 28.5 Å². The van der Waals surface area contributed by atoms with E-state index in [1.54, 1.807) is 31.4 Å². The molecule has 1 aliphatic rings. The van der Waals surface area contributed by atoms with Crippen LogP contribution in [0.4, 0.5) is 5.69 Å². The van der Waals surface area contributed by atoms with Gasteiger partial charge in [-0.2, -0.15) is 0 Å². The zero-order chi connectivity index (χ0) is 27.2. The minimum Gasteiger partial charge on any atom is -0.497 e. The molecule has 8 nitrogen and oxygen atoms in total. The monoisotopic (exact) mass is 529 g/mol. The largest absolute Gasteiger partial charge is 0.497 e. The van der Waals surface area contributed by atoms with E-state index in [0.717, 1.165) is 52.9 Å². The molecule has 202 valence electrons. The van der Waals surface area contributed by atoms with E-state index in [2.05, 4.69) is 5.32 Å². The van der Waals surface area contributed by atoms with Gasteiger partial charge in [0.2, 0.25) is 21.8 Å². The molecule has 1 atom stereocenters. The van der Waals surface area contributed by atoms with Gasteiger partial charge in [-0.15, -0.1) is 0 Å². The first-order valence-corrected chi connectivity index (χ1v) is 14.7. The number of ether oxygens (including phenoxy) is 1. The molecule has 1 saturated carbocycles. The van der Waals surface area contributed by atoms with Gasteiger partial charge in [0, 0.05) is 12.6 Å². The van der Waals surface area contributed by atoms with Crippen molar-refractivity contribution in [3.8, 4) is 5.75 Å². The van der Waals surface area contributed by atoms with Gasteiger partial charge in [-0.25, -0.2) is 8.42 Å². The molecular formula is C28H39N3O5S. The van der Waals surface area contributed by atoms with E-state index in [-0.39, 0.29) is 18.5 Å². The summed E-state index contributed by atoms with van der Waals surface area (Å²) in [5, 5.41) is 3.12. The molecule has 0 heterocycles. The molecule has 0 spiro atoms. The highest BCUT2D eigenvalue weighted by Crippen LogP contribution is 2.26. The van der Waals surface area contributed by atoms with Crippen molar-refractivity contribution in [2.24, 2.45) is 0 Å². The average Bonchev–Trinajstić information content (AvgIpc) is 3.37. The topological polar surface area (TPSA) is 96.0 Å². The van der Waals surface area contributed by atoms with Crippen LogP contribution in [0.15, 0.2) is 42.5 Å². The number of aryl methyl sites for hydroxylation is 1. The van der Waals surface area contributed by atoms with Crippen LogP contribution in [0, 0.1) is 13.8 Å². The molecule has 1 aliphatic carbocycles. The summed E-state index contributed by atoms with van der Waals surface area (Å²) in [5.41, 5.74) is 2.99. The lowest BCUT2D eigenvalue weighted by molar-refractivity contribution is -0.140. The molecule has 0 radical (unpaired) electrons. The summed E-state index contributed by atoms with van der Waals surface area (Å²) in [7, 11) is -2.19. The number of anilines is 1. The molecule has 2 amide bonds. The second-order valence-corrected chi connectivity index (χ2v) is 11.7. The zero-order valence-corrected chi connectivity index (χ0v) is 23.3. The molecule has 0 aromatic heterocycles. The van der Waals surface area contributed by atoms with Crippen molar-refractivity contribution in [3.05, 3.63) is 59.2 Å². The smallest absolute Gasteiger partial charge is 0.244 e. The fourth-order valence-corrected chi connectivity index (χ4v) is 5.72. The summed E-state index contributed by atoms with van der Waals surface area (Å²) in [5.74, 6) is 0.0512. The Morgan fingerprint density at radius 2 is 1.73 bits per heavy atom. The maximum atomic E-state index is 13.9. The summed E-state index contributed by atoms with van der Waals surface area (Å²) in [6.07, 6.45) is 5.53. The van der Waals surface area contributed by atoms with Gasteiger partial charge in [-0.3, -0.25) is 13.9 Å². The zero-order valence-electron chi connectivity index (χ0n) is 22.5. The first-order chi connectivity index (χ1) is 17.5. The maximum Gasteiger partial charge on any atom is 0.244 e. The van der Waals surface area contributed by atoms with Gasteiger partial charge in [0.1, 0.15) is 18.3 Å². The molecule has 37 heavy (non-hydrogen) atoms. The number of methoxy groups -OCH3 is 1. The molecule has 2 aromatic carbocycles. The lowest BCUT2D eigenvalue weighted by Gasteiger charge is -2.33. The first kappa shape index (κ1) is 28.5. The van der Waals surface area contributed by atoms with E-state index in [1.165, 1.54) is 4.90 Å². The Hall–Kier alpha value is -3.07. The number of carbonyl (C=O) groups excluding carboxylic acids is 2.